The molecule has 4 nitrogen and oxygen atoms in total. The summed E-state index contributed by atoms with van der Waals surface area (Å²) in [5.41, 5.74) is 1.06. The Morgan fingerprint density at radius 3 is 2.20 bits per heavy atom. The number of sulfonamides is 1. The molecule has 1 saturated heterocycles. The molecule has 1 fully saturated rings. The van der Waals surface area contributed by atoms with Crippen LogP contribution in [0, 0.1) is 0 Å². The van der Waals surface area contributed by atoms with Gasteiger partial charge in [-0.1, -0.05) is 19.1 Å². The van der Waals surface area contributed by atoms with Crippen molar-refractivity contribution in [2.75, 3.05) is 38.6 Å². The quantitative estimate of drug-likeness (QED) is 0.778. The molecule has 1 aliphatic heterocycles. The van der Waals surface area contributed by atoms with Crippen LogP contribution in [-0.2, 0) is 16.4 Å². The topological polar surface area (TPSA) is 40.6 Å². The van der Waals surface area contributed by atoms with E-state index < -0.39 is 10.0 Å². The number of hydrogen-bond acceptors (Lipinski definition) is 3. The molecule has 0 saturated carbocycles. The van der Waals surface area contributed by atoms with Crippen molar-refractivity contribution in [2.24, 2.45) is 0 Å². The number of likely N-dealkylation sites (N-methyl/N-ethyl adjacent to an activating group) is 1. The van der Waals surface area contributed by atoms with Crippen molar-refractivity contribution in [3.63, 3.8) is 0 Å². The molecule has 0 N–H and O–H groups in total. The molecule has 112 valence electrons. The molecule has 0 aliphatic carbocycles. The van der Waals surface area contributed by atoms with Crippen LogP contribution in [0.5, 0.6) is 0 Å². The molecule has 20 heavy (non-hydrogen) atoms. The number of benzene rings is 1. The Hall–Kier alpha value is -0.620. The average Bonchev–Trinajstić information content (AvgIpc) is 2.48. The zero-order valence-electron chi connectivity index (χ0n) is 11.8. The van der Waals surface area contributed by atoms with Crippen molar-refractivity contribution in [3.8, 4) is 0 Å². The highest BCUT2D eigenvalue weighted by Crippen LogP contribution is 2.18. The lowest BCUT2D eigenvalue weighted by Gasteiger charge is -2.33. The number of rotatable bonds is 5. The second-order valence-electron chi connectivity index (χ2n) is 4.92. The summed E-state index contributed by atoms with van der Waals surface area (Å²) in [6.07, 6.45) is 0.761. The Labute approximate surface area is 126 Å². The van der Waals surface area contributed by atoms with Gasteiger partial charge in [0.05, 0.1) is 4.90 Å². The molecular weight excluding hydrogens is 296 g/mol. The van der Waals surface area contributed by atoms with Gasteiger partial charge in [-0.15, -0.1) is 11.6 Å². The molecule has 0 atom stereocenters. The van der Waals surface area contributed by atoms with E-state index in [2.05, 4.69) is 11.8 Å². The summed E-state index contributed by atoms with van der Waals surface area (Å²) in [4.78, 5) is 2.64. The summed E-state index contributed by atoms with van der Waals surface area (Å²) in [6.45, 7) is 5.82. The first-order valence-electron chi connectivity index (χ1n) is 6.95. The van der Waals surface area contributed by atoms with Crippen molar-refractivity contribution in [1.82, 2.24) is 9.21 Å². The SMILES string of the molecule is CCN1CCN(S(=O)(=O)c2ccc(CCCl)cc2)CC1. The number of piperazine rings is 1. The predicted molar refractivity (Wildman–Crippen MR) is 81.7 cm³/mol. The van der Waals surface area contributed by atoms with Crippen LogP contribution in [0.2, 0.25) is 0 Å². The summed E-state index contributed by atoms with van der Waals surface area (Å²) < 4.78 is 26.6. The second-order valence-corrected chi connectivity index (χ2v) is 7.24. The van der Waals surface area contributed by atoms with Crippen LogP contribution in [0.15, 0.2) is 29.2 Å². The minimum absolute atomic E-state index is 0.376. The first-order valence-corrected chi connectivity index (χ1v) is 8.93. The molecule has 0 amide bonds. The monoisotopic (exact) mass is 316 g/mol. The van der Waals surface area contributed by atoms with Gasteiger partial charge in [0, 0.05) is 32.1 Å². The average molecular weight is 317 g/mol. The maximum Gasteiger partial charge on any atom is 0.243 e. The van der Waals surface area contributed by atoms with Crippen molar-refractivity contribution < 1.29 is 8.42 Å². The van der Waals surface area contributed by atoms with E-state index in [4.69, 9.17) is 11.6 Å². The van der Waals surface area contributed by atoms with Crippen molar-refractivity contribution in [1.29, 1.82) is 0 Å². The summed E-state index contributed by atoms with van der Waals surface area (Å²) in [7, 11) is -3.35. The highest BCUT2D eigenvalue weighted by molar-refractivity contribution is 7.89. The molecule has 0 aromatic heterocycles. The Bertz CT molecular complexity index is 523. The van der Waals surface area contributed by atoms with E-state index in [1.54, 1.807) is 16.4 Å². The molecule has 1 aromatic rings. The Balaban J connectivity index is 2.10. The number of alkyl halides is 1. The van der Waals surface area contributed by atoms with Gasteiger partial charge in [-0.05, 0) is 30.7 Å². The fourth-order valence-electron chi connectivity index (χ4n) is 2.37. The first-order chi connectivity index (χ1) is 9.57. The molecule has 2 rings (SSSR count). The number of aryl methyl sites for hydroxylation is 1. The summed E-state index contributed by atoms with van der Waals surface area (Å²) >= 11 is 5.68. The van der Waals surface area contributed by atoms with Gasteiger partial charge < -0.3 is 4.90 Å². The van der Waals surface area contributed by atoms with E-state index in [1.807, 2.05) is 12.1 Å². The van der Waals surface area contributed by atoms with Crippen molar-refractivity contribution in [2.45, 2.75) is 18.2 Å². The molecule has 0 radical (unpaired) electrons. The zero-order valence-corrected chi connectivity index (χ0v) is 13.3. The number of hydrogen-bond donors (Lipinski definition) is 0. The van der Waals surface area contributed by atoms with Gasteiger partial charge in [0.1, 0.15) is 0 Å². The second kappa shape index (κ2) is 6.89. The minimum atomic E-state index is -3.35. The highest BCUT2D eigenvalue weighted by atomic mass is 35.5. The van der Waals surface area contributed by atoms with Gasteiger partial charge in [0.15, 0.2) is 0 Å². The van der Waals surface area contributed by atoms with Gasteiger partial charge >= 0.3 is 0 Å². The van der Waals surface area contributed by atoms with Crippen LogP contribution in [-0.4, -0.2) is 56.2 Å². The third-order valence-electron chi connectivity index (χ3n) is 3.72. The van der Waals surface area contributed by atoms with Crippen LogP contribution in [0.25, 0.3) is 0 Å². The minimum Gasteiger partial charge on any atom is -0.301 e. The molecule has 1 aliphatic rings. The Morgan fingerprint density at radius 2 is 1.70 bits per heavy atom. The lowest BCUT2D eigenvalue weighted by atomic mass is 10.2. The molecule has 0 bridgehead atoms. The van der Waals surface area contributed by atoms with E-state index in [1.165, 1.54) is 0 Å². The van der Waals surface area contributed by atoms with E-state index in [-0.39, 0.29) is 0 Å². The van der Waals surface area contributed by atoms with Gasteiger partial charge in [0.25, 0.3) is 0 Å². The van der Waals surface area contributed by atoms with Crippen LogP contribution >= 0.6 is 11.6 Å². The fourth-order valence-corrected chi connectivity index (χ4v) is 4.01. The van der Waals surface area contributed by atoms with Gasteiger partial charge in [-0.25, -0.2) is 8.42 Å². The van der Waals surface area contributed by atoms with E-state index >= 15 is 0 Å². The highest BCUT2D eigenvalue weighted by Gasteiger charge is 2.27. The molecule has 1 aromatic carbocycles. The normalized spacial score (nSPS) is 18.3. The van der Waals surface area contributed by atoms with Crippen LogP contribution in [0.4, 0.5) is 0 Å². The number of nitrogens with zero attached hydrogens (tertiary/aromatic N) is 2. The molecule has 0 unspecified atom stereocenters. The van der Waals surface area contributed by atoms with Gasteiger partial charge in [-0.2, -0.15) is 4.31 Å². The van der Waals surface area contributed by atoms with E-state index in [0.717, 1.165) is 31.6 Å². The summed E-state index contributed by atoms with van der Waals surface area (Å²) in [5, 5.41) is 0. The summed E-state index contributed by atoms with van der Waals surface area (Å²) in [6, 6.07) is 7.06. The maximum atomic E-state index is 12.5. The predicted octanol–water partition coefficient (Wildman–Crippen LogP) is 1.79. The van der Waals surface area contributed by atoms with E-state index in [0.29, 0.717) is 23.9 Å². The standard InChI is InChI=1S/C14H21ClN2O2S/c1-2-16-9-11-17(12-10-16)20(18,19)14-5-3-13(4-6-14)7-8-15/h3-6H,2,7-12H2,1H3. The van der Waals surface area contributed by atoms with Gasteiger partial charge in [0.2, 0.25) is 10.0 Å². The smallest absolute Gasteiger partial charge is 0.243 e. The Morgan fingerprint density at radius 1 is 1.10 bits per heavy atom. The lowest BCUT2D eigenvalue weighted by Crippen LogP contribution is -2.48. The molecule has 0 spiro atoms. The van der Waals surface area contributed by atoms with Crippen LogP contribution < -0.4 is 0 Å². The zero-order chi connectivity index (χ0) is 14.6. The molecule has 1 heterocycles. The van der Waals surface area contributed by atoms with Crippen molar-refractivity contribution in [3.05, 3.63) is 29.8 Å². The largest absolute Gasteiger partial charge is 0.301 e. The first kappa shape index (κ1) is 15.8. The fraction of sp³-hybridized carbons (Fsp3) is 0.571. The molecule has 6 heteroatoms. The number of halogens is 1. The third-order valence-corrected chi connectivity index (χ3v) is 5.82. The van der Waals surface area contributed by atoms with Gasteiger partial charge in [-0.3, -0.25) is 0 Å². The maximum absolute atomic E-state index is 12.5. The van der Waals surface area contributed by atoms with Crippen LogP contribution in [0.1, 0.15) is 12.5 Å². The van der Waals surface area contributed by atoms with Crippen LogP contribution in [0.3, 0.4) is 0 Å². The van der Waals surface area contributed by atoms with Crippen molar-refractivity contribution >= 4 is 21.6 Å². The summed E-state index contributed by atoms with van der Waals surface area (Å²) in [5.74, 6) is 0.547. The molecular formula is C14H21ClN2O2S. The lowest BCUT2D eigenvalue weighted by molar-refractivity contribution is 0.196. The Kier molecular flexibility index (Phi) is 5.43. The third kappa shape index (κ3) is 3.52. The van der Waals surface area contributed by atoms with E-state index in [9.17, 15) is 8.42 Å².